The number of ether oxygens (including phenoxy) is 4. The van der Waals surface area contributed by atoms with E-state index in [0.717, 1.165) is 5.56 Å². The van der Waals surface area contributed by atoms with E-state index in [-0.39, 0.29) is 6.61 Å². The predicted octanol–water partition coefficient (Wildman–Crippen LogP) is 3.95. The fraction of sp³-hybridized carbons (Fsp3) is 0.238. The van der Waals surface area contributed by atoms with Gasteiger partial charge in [-0.15, -0.1) is 0 Å². The zero-order chi connectivity index (χ0) is 21.2. The van der Waals surface area contributed by atoms with Crippen LogP contribution in [0.3, 0.4) is 0 Å². The van der Waals surface area contributed by atoms with Crippen LogP contribution in [0.4, 0.5) is 5.69 Å². The van der Waals surface area contributed by atoms with Crippen LogP contribution < -0.4 is 19.5 Å². The first-order valence-electron chi connectivity index (χ1n) is 8.69. The highest BCUT2D eigenvalue weighted by Gasteiger charge is 2.13. The van der Waals surface area contributed by atoms with E-state index in [1.54, 1.807) is 24.3 Å². The molecule has 0 saturated heterocycles. The minimum Gasteiger partial charge on any atom is -0.495 e. The van der Waals surface area contributed by atoms with Gasteiger partial charge < -0.3 is 24.3 Å². The molecule has 0 aliphatic rings. The third-order valence-electron chi connectivity index (χ3n) is 3.69. The number of benzene rings is 2. The second kappa shape index (κ2) is 11.0. The Morgan fingerprint density at radius 3 is 2.41 bits per heavy atom. The molecule has 0 unspecified atom stereocenters. The number of anilines is 1. The third kappa shape index (κ3) is 6.73. The van der Waals surface area contributed by atoms with Crippen LogP contribution in [-0.4, -0.2) is 39.3 Å². The number of esters is 1. The predicted molar refractivity (Wildman–Crippen MR) is 111 cm³/mol. The van der Waals surface area contributed by atoms with Crippen LogP contribution >= 0.6 is 11.6 Å². The summed E-state index contributed by atoms with van der Waals surface area (Å²) in [5, 5.41) is 3.01. The van der Waals surface area contributed by atoms with Crippen molar-refractivity contribution < 1.29 is 28.5 Å². The molecule has 0 aromatic heterocycles. The van der Waals surface area contributed by atoms with Gasteiger partial charge in [0.25, 0.3) is 5.91 Å². The maximum atomic E-state index is 12.0. The number of allylic oxidation sites excluding steroid dienone is 1. The summed E-state index contributed by atoms with van der Waals surface area (Å²) in [5.74, 6) is 0.0841. The molecule has 1 N–H and O–H groups in total. The number of hydrogen-bond acceptors (Lipinski definition) is 6. The summed E-state index contributed by atoms with van der Waals surface area (Å²) in [6.07, 6.45) is 3.81. The van der Waals surface area contributed by atoms with Gasteiger partial charge in [0, 0.05) is 5.02 Å². The molecule has 2 aromatic rings. The van der Waals surface area contributed by atoms with Gasteiger partial charge >= 0.3 is 5.97 Å². The molecule has 0 spiro atoms. The Balaban J connectivity index is 1.86. The van der Waals surface area contributed by atoms with Crippen molar-refractivity contribution >= 4 is 35.2 Å². The monoisotopic (exact) mass is 419 g/mol. The van der Waals surface area contributed by atoms with Crippen molar-refractivity contribution in [1.82, 2.24) is 0 Å². The zero-order valence-electron chi connectivity index (χ0n) is 16.4. The fourth-order valence-corrected chi connectivity index (χ4v) is 2.56. The van der Waals surface area contributed by atoms with Gasteiger partial charge in [-0.1, -0.05) is 29.8 Å². The molecular weight excluding hydrogens is 398 g/mol. The van der Waals surface area contributed by atoms with E-state index in [2.05, 4.69) is 5.32 Å². The van der Waals surface area contributed by atoms with Crippen LogP contribution in [0, 0.1) is 0 Å². The number of hydrogen-bond donors (Lipinski definition) is 1. The first-order valence-corrected chi connectivity index (χ1v) is 9.07. The number of carbonyl (C=O) groups is 2. The Morgan fingerprint density at radius 1 is 1.00 bits per heavy atom. The van der Waals surface area contributed by atoms with Crippen LogP contribution in [0.25, 0.3) is 6.08 Å². The Hall–Kier alpha value is -3.19. The number of carbonyl (C=O) groups excluding carboxylic acids is 2. The van der Waals surface area contributed by atoms with Crippen LogP contribution in [0.5, 0.6) is 17.2 Å². The molecule has 29 heavy (non-hydrogen) atoms. The zero-order valence-corrected chi connectivity index (χ0v) is 17.1. The maximum Gasteiger partial charge on any atom is 0.344 e. The summed E-state index contributed by atoms with van der Waals surface area (Å²) in [5.41, 5.74) is 1.32. The average molecular weight is 420 g/mol. The average Bonchev–Trinajstić information content (AvgIpc) is 2.71. The summed E-state index contributed by atoms with van der Waals surface area (Å²) in [6.45, 7) is 1.06. The lowest BCUT2D eigenvalue weighted by Gasteiger charge is -2.12. The van der Waals surface area contributed by atoms with Crippen molar-refractivity contribution in [3.05, 3.63) is 53.1 Å². The largest absolute Gasteiger partial charge is 0.495 e. The molecule has 7 nitrogen and oxygen atoms in total. The van der Waals surface area contributed by atoms with Crippen molar-refractivity contribution in [2.24, 2.45) is 0 Å². The second-order valence-electron chi connectivity index (χ2n) is 5.75. The van der Waals surface area contributed by atoms with Gasteiger partial charge in [0.2, 0.25) is 0 Å². The highest BCUT2D eigenvalue weighted by molar-refractivity contribution is 6.31. The summed E-state index contributed by atoms with van der Waals surface area (Å²) in [7, 11) is 2.98. The number of nitrogens with one attached hydrogen (secondary N) is 1. The number of methoxy groups -OCH3 is 2. The van der Waals surface area contributed by atoms with Crippen molar-refractivity contribution in [3.8, 4) is 17.2 Å². The van der Waals surface area contributed by atoms with Crippen molar-refractivity contribution in [1.29, 1.82) is 0 Å². The van der Waals surface area contributed by atoms with Gasteiger partial charge in [-0.05, 0) is 42.8 Å². The Morgan fingerprint density at radius 2 is 1.72 bits per heavy atom. The molecule has 0 atom stereocenters. The standard InChI is InChI=1S/C21H22ClNO6/c1-4-5-14-6-8-18(19(10-14)27-3)28-13-21(25)29-12-20(24)23-16-11-15(22)7-9-17(16)26-2/h4-11H,12-13H2,1-3H3,(H,23,24)/b5-4+. The van der Waals surface area contributed by atoms with E-state index in [0.29, 0.717) is 28.0 Å². The van der Waals surface area contributed by atoms with Gasteiger partial charge in [0.05, 0.1) is 19.9 Å². The summed E-state index contributed by atoms with van der Waals surface area (Å²) >= 11 is 5.91. The van der Waals surface area contributed by atoms with Crippen LogP contribution in [-0.2, 0) is 14.3 Å². The van der Waals surface area contributed by atoms with Crippen molar-refractivity contribution in [2.75, 3.05) is 32.8 Å². The third-order valence-corrected chi connectivity index (χ3v) is 3.93. The summed E-state index contributed by atoms with van der Waals surface area (Å²) < 4.78 is 20.8. The van der Waals surface area contributed by atoms with E-state index in [1.165, 1.54) is 20.3 Å². The minimum absolute atomic E-state index is 0.368. The first-order chi connectivity index (χ1) is 14.0. The molecule has 154 valence electrons. The molecule has 0 heterocycles. The summed E-state index contributed by atoms with van der Waals surface area (Å²) in [6, 6.07) is 10.1. The van der Waals surface area contributed by atoms with Gasteiger partial charge in [-0.3, -0.25) is 4.79 Å². The molecule has 1 amide bonds. The van der Waals surface area contributed by atoms with Crippen LogP contribution in [0.15, 0.2) is 42.5 Å². The lowest BCUT2D eigenvalue weighted by atomic mass is 10.2. The van der Waals surface area contributed by atoms with Gasteiger partial charge in [0.15, 0.2) is 24.7 Å². The van der Waals surface area contributed by atoms with E-state index < -0.39 is 18.5 Å². The fourth-order valence-electron chi connectivity index (χ4n) is 2.39. The van der Waals surface area contributed by atoms with E-state index in [9.17, 15) is 9.59 Å². The quantitative estimate of drug-likeness (QED) is 0.619. The normalized spacial score (nSPS) is 10.5. The van der Waals surface area contributed by atoms with Gasteiger partial charge in [0.1, 0.15) is 5.75 Å². The summed E-state index contributed by atoms with van der Waals surface area (Å²) in [4.78, 5) is 23.9. The van der Waals surface area contributed by atoms with Crippen molar-refractivity contribution in [3.63, 3.8) is 0 Å². The van der Waals surface area contributed by atoms with Gasteiger partial charge in [-0.25, -0.2) is 4.79 Å². The van der Waals surface area contributed by atoms with Crippen molar-refractivity contribution in [2.45, 2.75) is 6.92 Å². The lowest BCUT2D eigenvalue weighted by Crippen LogP contribution is -2.24. The molecule has 0 aliphatic heterocycles. The SMILES string of the molecule is C/C=C/c1ccc(OCC(=O)OCC(=O)Nc2cc(Cl)ccc2OC)c(OC)c1. The van der Waals surface area contributed by atoms with Gasteiger partial charge in [-0.2, -0.15) is 0 Å². The highest BCUT2D eigenvalue weighted by Crippen LogP contribution is 2.29. The highest BCUT2D eigenvalue weighted by atomic mass is 35.5. The van der Waals surface area contributed by atoms with E-state index >= 15 is 0 Å². The first kappa shape index (κ1) is 22.1. The Bertz CT molecular complexity index is 897. The maximum absolute atomic E-state index is 12.0. The Labute approximate surface area is 174 Å². The molecule has 0 fully saturated rings. The number of amides is 1. The molecule has 0 radical (unpaired) electrons. The molecule has 0 bridgehead atoms. The topological polar surface area (TPSA) is 83.1 Å². The molecule has 8 heteroatoms. The molecule has 2 aromatic carbocycles. The van der Waals surface area contributed by atoms with E-state index in [4.69, 9.17) is 30.5 Å². The molecular formula is C21H22ClNO6. The number of rotatable bonds is 9. The number of halogens is 1. The van der Waals surface area contributed by atoms with Crippen LogP contribution in [0.1, 0.15) is 12.5 Å². The second-order valence-corrected chi connectivity index (χ2v) is 6.19. The Kier molecular flexibility index (Phi) is 8.36. The smallest absolute Gasteiger partial charge is 0.344 e. The molecule has 2 rings (SSSR count). The molecule has 0 aliphatic carbocycles. The molecule has 0 saturated carbocycles. The van der Waals surface area contributed by atoms with Crippen LogP contribution in [0.2, 0.25) is 5.02 Å². The lowest BCUT2D eigenvalue weighted by molar-refractivity contribution is -0.149. The minimum atomic E-state index is -0.696. The van der Waals surface area contributed by atoms with E-state index in [1.807, 2.05) is 25.1 Å².